The number of nitrogens with zero attached hydrogens (tertiary/aromatic N) is 1. The molecule has 0 saturated heterocycles. The summed E-state index contributed by atoms with van der Waals surface area (Å²) in [6.07, 6.45) is 2.12. The number of hydrogen-bond donors (Lipinski definition) is 1. The lowest BCUT2D eigenvalue weighted by Crippen LogP contribution is -1.98. The zero-order valence-electron chi connectivity index (χ0n) is 10.8. The largest absolute Gasteiger partial charge is 0.343 e. The van der Waals surface area contributed by atoms with Crippen LogP contribution in [0.25, 0.3) is 10.9 Å². The van der Waals surface area contributed by atoms with Gasteiger partial charge in [0.05, 0.1) is 5.52 Å². The Morgan fingerprint density at radius 2 is 1.85 bits per heavy atom. The smallest absolute Gasteiger partial charge is 0.0501 e. The molecule has 0 aliphatic rings. The minimum atomic E-state index is 0.540. The van der Waals surface area contributed by atoms with Crippen LogP contribution in [0.2, 0.25) is 5.02 Å². The van der Waals surface area contributed by atoms with Gasteiger partial charge in [0.1, 0.15) is 0 Å². The van der Waals surface area contributed by atoms with E-state index in [-0.39, 0.29) is 0 Å². The van der Waals surface area contributed by atoms with Crippen LogP contribution in [-0.4, -0.2) is 4.57 Å². The van der Waals surface area contributed by atoms with Gasteiger partial charge in [-0.05, 0) is 58.0 Å². The van der Waals surface area contributed by atoms with Crippen LogP contribution in [0.3, 0.4) is 0 Å². The van der Waals surface area contributed by atoms with Gasteiger partial charge in [0.2, 0.25) is 0 Å². The first kappa shape index (κ1) is 13.9. The van der Waals surface area contributed by atoms with Gasteiger partial charge in [-0.15, -0.1) is 0 Å². The fraction of sp³-hybridized carbons (Fsp3) is 0.125. The summed E-state index contributed by atoms with van der Waals surface area (Å²) in [5.41, 5.74) is 9.39. The molecule has 2 N–H and O–H groups in total. The van der Waals surface area contributed by atoms with Gasteiger partial charge < -0.3 is 10.3 Å². The van der Waals surface area contributed by atoms with Gasteiger partial charge in [0, 0.05) is 33.3 Å². The van der Waals surface area contributed by atoms with Crippen molar-refractivity contribution in [2.45, 2.75) is 13.1 Å². The van der Waals surface area contributed by atoms with Crippen LogP contribution in [0.4, 0.5) is 0 Å². The summed E-state index contributed by atoms with van der Waals surface area (Å²) >= 11 is 8.44. The number of benzene rings is 2. The zero-order chi connectivity index (χ0) is 14.1. The van der Waals surface area contributed by atoms with Gasteiger partial charge in [-0.1, -0.05) is 29.8 Å². The molecular weight excluding hydrogens is 383 g/mol. The van der Waals surface area contributed by atoms with Gasteiger partial charge in [-0.3, -0.25) is 0 Å². The molecule has 20 heavy (non-hydrogen) atoms. The number of halogens is 2. The summed E-state index contributed by atoms with van der Waals surface area (Å²) in [5.74, 6) is 0. The second kappa shape index (κ2) is 5.76. The van der Waals surface area contributed by atoms with Crippen molar-refractivity contribution < 1.29 is 0 Å². The van der Waals surface area contributed by atoms with Crippen LogP contribution in [0.1, 0.15) is 11.1 Å². The fourth-order valence-corrected chi connectivity index (χ4v) is 2.95. The summed E-state index contributed by atoms with van der Waals surface area (Å²) in [7, 11) is 0. The molecule has 0 spiro atoms. The normalized spacial score (nSPS) is 11.2. The number of fused-ring (bicyclic) bond motifs is 1. The van der Waals surface area contributed by atoms with Gasteiger partial charge in [-0.25, -0.2) is 0 Å². The van der Waals surface area contributed by atoms with Gasteiger partial charge in [0.15, 0.2) is 0 Å². The van der Waals surface area contributed by atoms with E-state index in [2.05, 4.69) is 57.6 Å². The number of rotatable bonds is 3. The summed E-state index contributed by atoms with van der Waals surface area (Å²) in [5, 5.41) is 1.94. The maximum Gasteiger partial charge on any atom is 0.0501 e. The highest BCUT2D eigenvalue weighted by molar-refractivity contribution is 14.1. The SMILES string of the molecule is NCc1cn(Cc2ccc(I)cc2)c2cc(Cl)ccc12. The molecule has 0 fully saturated rings. The number of nitrogens with two attached hydrogens (primary N) is 1. The molecule has 1 aromatic heterocycles. The highest BCUT2D eigenvalue weighted by atomic mass is 127. The lowest BCUT2D eigenvalue weighted by atomic mass is 10.2. The van der Waals surface area contributed by atoms with E-state index in [1.165, 1.54) is 14.5 Å². The van der Waals surface area contributed by atoms with Gasteiger partial charge >= 0.3 is 0 Å². The number of hydrogen-bond acceptors (Lipinski definition) is 1. The predicted molar refractivity (Wildman–Crippen MR) is 93.1 cm³/mol. The highest BCUT2D eigenvalue weighted by Crippen LogP contribution is 2.25. The molecule has 0 unspecified atom stereocenters. The second-order valence-electron chi connectivity index (χ2n) is 4.77. The van der Waals surface area contributed by atoms with Crippen LogP contribution in [0.5, 0.6) is 0 Å². The molecule has 0 saturated carbocycles. The van der Waals surface area contributed by atoms with E-state index in [0.717, 1.165) is 22.6 Å². The third-order valence-corrected chi connectivity index (χ3v) is 4.37. The van der Waals surface area contributed by atoms with Crippen molar-refractivity contribution in [3.8, 4) is 0 Å². The second-order valence-corrected chi connectivity index (χ2v) is 6.46. The Kier molecular flexibility index (Phi) is 4.01. The van der Waals surface area contributed by atoms with E-state index >= 15 is 0 Å². The minimum absolute atomic E-state index is 0.540. The fourth-order valence-electron chi connectivity index (χ4n) is 2.42. The lowest BCUT2D eigenvalue weighted by Gasteiger charge is -2.06. The Morgan fingerprint density at radius 1 is 1.10 bits per heavy atom. The van der Waals surface area contributed by atoms with Crippen molar-refractivity contribution in [2.75, 3.05) is 0 Å². The molecule has 0 aliphatic carbocycles. The van der Waals surface area contributed by atoms with Gasteiger partial charge in [0.25, 0.3) is 0 Å². The standard InChI is InChI=1S/C16H14ClIN2/c17-13-3-6-15-12(8-19)10-20(16(15)7-13)9-11-1-4-14(18)5-2-11/h1-7,10H,8-9,19H2. The lowest BCUT2D eigenvalue weighted by molar-refractivity contribution is 0.829. The van der Waals surface area contributed by atoms with Crippen molar-refractivity contribution in [3.63, 3.8) is 0 Å². The highest BCUT2D eigenvalue weighted by Gasteiger charge is 2.08. The maximum absolute atomic E-state index is 6.12. The molecule has 0 atom stereocenters. The van der Waals surface area contributed by atoms with E-state index in [4.69, 9.17) is 17.3 Å². The molecule has 2 nitrogen and oxygen atoms in total. The monoisotopic (exact) mass is 396 g/mol. The third-order valence-electron chi connectivity index (χ3n) is 3.41. The Balaban J connectivity index is 2.06. The van der Waals surface area contributed by atoms with Crippen molar-refractivity contribution in [3.05, 3.63) is 68.4 Å². The summed E-state index contributed by atoms with van der Waals surface area (Å²) in [6.45, 7) is 1.37. The predicted octanol–water partition coefficient (Wildman–Crippen LogP) is 4.41. The average molecular weight is 397 g/mol. The zero-order valence-corrected chi connectivity index (χ0v) is 13.7. The molecule has 1 heterocycles. The minimum Gasteiger partial charge on any atom is -0.343 e. The Hall–Kier alpha value is -1.04. The van der Waals surface area contributed by atoms with E-state index in [0.29, 0.717) is 6.54 Å². The summed E-state index contributed by atoms with van der Waals surface area (Å²) in [6, 6.07) is 14.5. The van der Waals surface area contributed by atoms with Crippen molar-refractivity contribution in [1.82, 2.24) is 4.57 Å². The summed E-state index contributed by atoms with van der Waals surface area (Å²) in [4.78, 5) is 0. The van der Waals surface area contributed by atoms with Crippen LogP contribution in [0, 0.1) is 3.57 Å². The van der Waals surface area contributed by atoms with E-state index in [1.807, 2.05) is 18.2 Å². The molecule has 102 valence electrons. The van der Waals surface area contributed by atoms with Crippen molar-refractivity contribution in [2.24, 2.45) is 5.73 Å². The molecule has 2 aromatic carbocycles. The number of aromatic nitrogens is 1. The Morgan fingerprint density at radius 3 is 2.55 bits per heavy atom. The average Bonchev–Trinajstić information content (AvgIpc) is 2.79. The molecular formula is C16H14ClIN2. The molecule has 0 aliphatic heterocycles. The molecule has 0 amide bonds. The first-order valence-corrected chi connectivity index (χ1v) is 7.85. The van der Waals surface area contributed by atoms with Crippen molar-refractivity contribution in [1.29, 1.82) is 0 Å². The van der Waals surface area contributed by atoms with E-state index in [1.54, 1.807) is 0 Å². The molecule has 0 bridgehead atoms. The van der Waals surface area contributed by atoms with Crippen LogP contribution in [0.15, 0.2) is 48.7 Å². The first-order chi connectivity index (χ1) is 9.67. The maximum atomic E-state index is 6.12. The first-order valence-electron chi connectivity index (χ1n) is 6.39. The van der Waals surface area contributed by atoms with Crippen LogP contribution < -0.4 is 5.73 Å². The van der Waals surface area contributed by atoms with Crippen molar-refractivity contribution >= 4 is 45.1 Å². The molecule has 3 aromatic rings. The van der Waals surface area contributed by atoms with E-state index in [9.17, 15) is 0 Å². The van der Waals surface area contributed by atoms with Gasteiger partial charge in [-0.2, -0.15) is 0 Å². The van der Waals surface area contributed by atoms with Crippen LogP contribution >= 0.6 is 34.2 Å². The molecule has 0 radical (unpaired) electrons. The molecule has 4 heteroatoms. The Labute approximate surface area is 136 Å². The van der Waals surface area contributed by atoms with E-state index < -0.39 is 0 Å². The van der Waals surface area contributed by atoms with Crippen LogP contribution in [-0.2, 0) is 13.1 Å². The Bertz CT molecular complexity index is 747. The quantitative estimate of drug-likeness (QED) is 0.653. The molecule has 3 rings (SSSR count). The summed E-state index contributed by atoms with van der Waals surface area (Å²) < 4.78 is 3.46. The third kappa shape index (κ3) is 2.71. The topological polar surface area (TPSA) is 30.9 Å².